The number of likely N-dealkylation sites (tertiary alicyclic amines) is 1. The molecule has 0 bridgehead atoms. The van der Waals surface area contributed by atoms with Gasteiger partial charge in [-0.25, -0.2) is 4.68 Å². The predicted molar refractivity (Wildman–Crippen MR) is 104 cm³/mol. The Labute approximate surface area is 162 Å². The zero-order chi connectivity index (χ0) is 18.3. The van der Waals surface area contributed by atoms with Crippen LogP contribution in [-0.4, -0.2) is 33.7 Å². The van der Waals surface area contributed by atoms with Gasteiger partial charge in [-0.15, -0.1) is 0 Å². The summed E-state index contributed by atoms with van der Waals surface area (Å²) in [6, 6.07) is 7.21. The van der Waals surface area contributed by atoms with E-state index in [4.69, 9.17) is 23.2 Å². The molecule has 7 heteroatoms. The Balaban J connectivity index is 1.83. The molecule has 1 N–H and O–H groups in total. The van der Waals surface area contributed by atoms with Crippen LogP contribution in [0.25, 0.3) is 0 Å². The molecule has 1 aromatic carbocycles. The van der Waals surface area contributed by atoms with Gasteiger partial charge in [0, 0.05) is 23.8 Å². The second-order valence-corrected chi connectivity index (χ2v) is 7.60. The van der Waals surface area contributed by atoms with E-state index < -0.39 is 0 Å². The van der Waals surface area contributed by atoms with Gasteiger partial charge >= 0.3 is 0 Å². The van der Waals surface area contributed by atoms with Gasteiger partial charge in [0.15, 0.2) is 0 Å². The van der Waals surface area contributed by atoms with E-state index in [0.717, 1.165) is 37.2 Å². The Morgan fingerprint density at radius 2 is 2.00 bits per heavy atom. The number of rotatable bonds is 2. The Hall–Kier alpha value is -1.98. The fourth-order valence-corrected chi connectivity index (χ4v) is 4.13. The number of fused-ring (bicyclic) bond motifs is 1. The summed E-state index contributed by atoms with van der Waals surface area (Å²) in [6.07, 6.45) is 4.87. The number of hydrogen-bond acceptors (Lipinski definition) is 3. The van der Waals surface area contributed by atoms with Gasteiger partial charge in [-0.3, -0.25) is 4.79 Å². The lowest BCUT2D eigenvalue weighted by molar-refractivity contribution is -0.128. The fraction of sp³-hybridized carbons (Fsp3) is 0.368. The van der Waals surface area contributed by atoms with Crippen molar-refractivity contribution in [2.24, 2.45) is 0 Å². The molecule has 1 unspecified atom stereocenters. The van der Waals surface area contributed by atoms with E-state index in [-0.39, 0.29) is 11.9 Å². The van der Waals surface area contributed by atoms with Gasteiger partial charge < -0.3 is 10.2 Å². The minimum Gasteiger partial charge on any atom is -0.342 e. The summed E-state index contributed by atoms with van der Waals surface area (Å²) in [7, 11) is 0. The molecule has 1 atom stereocenters. The number of benzene rings is 1. The van der Waals surface area contributed by atoms with Gasteiger partial charge in [0.25, 0.3) is 5.91 Å². The number of carbonyl (C=O) groups is 1. The van der Waals surface area contributed by atoms with Crippen molar-refractivity contribution in [3.8, 4) is 0 Å². The van der Waals surface area contributed by atoms with Crippen molar-refractivity contribution in [2.45, 2.75) is 32.2 Å². The third kappa shape index (κ3) is 2.99. The maximum atomic E-state index is 13.4. The number of piperidine rings is 1. The number of nitrogens with zero attached hydrogens (tertiary/aromatic N) is 3. The number of nitrogens with one attached hydrogen (secondary N) is 1. The SMILES string of the molecule is CC1=C(C(=O)N2CCCCC2)C(c2cccc(Cl)c2)n2ncc(Cl)c2N1. The van der Waals surface area contributed by atoms with E-state index in [1.165, 1.54) is 6.42 Å². The summed E-state index contributed by atoms with van der Waals surface area (Å²) in [6.45, 7) is 3.51. The largest absolute Gasteiger partial charge is 0.342 e. The topological polar surface area (TPSA) is 50.2 Å². The Morgan fingerprint density at radius 1 is 1.23 bits per heavy atom. The molecule has 26 heavy (non-hydrogen) atoms. The molecule has 0 radical (unpaired) electrons. The standard InChI is InChI=1S/C19H20Cl2N4O/c1-12-16(19(26)24-8-3-2-4-9-24)17(13-6-5-7-14(20)10-13)25-18(23-12)15(21)11-22-25/h5-7,10-11,17,23H,2-4,8-9H2,1H3. The molecule has 2 aromatic rings. The van der Waals surface area contributed by atoms with Gasteiger partial charge in [0.05, 0.1) is 11.8 Å². The molecule has 4 rings (SSSR count). The fourth-order valence-electron chi connectivity index (χ4n) is 3.76. The van der Waals surface area contributed by atoms with E-state index in [9.17, 15) is 4.79 Å². The Morgan fingerprint density at radius 3 is 2.73 bits per heavy atom. The highest BCUT2D eigenvalue weighted by molar-refractivity contribution is 6.33. The molecule has 136 valence electrons. The highest BCUT2D eigenvalue weighted by atomic mass is 35.5. The summed E-state index contributed by atoms with van der Waals surface area (Å²) >= 11 is 12.5. The molecule has 0 saturated carbocycles. The first-order valence-electron chi connectivity index (χ1n) is 8.82. The molecule has 1 saturated heterocycles. The summed E-state index contributed by atoms with van der Waals surface area (Å²) in [5, 5.41) is 8.85. The van der Waals surface area contributed by atoms with Crippen LogP contribution in [0, 0.1) is 0 Å². The highest BCUT2D eigenvalue weighted by Gasteiger charge is 2.36. The van der Waals surface area contributed by atoms with Crippen LogP contribution in [0.15, 0.2) is 41.7 Å². The molecule has 0 aliphatic carbocycles. The third-order valence-corrected chi connectivity index (χ3v) is 5.53. The normalized spacial score (nSPS) is 20.0. The first-order valence-corrected chi connectivity index (χ1v) is 9.57. The van der Waals surface area contributed by atoms with Crippen LogP contribution in [0.1, 0.15) is 37.8 Å². The quantitative estimate of drug-likeness (QED) is 0.821. The molecule has 1 aromatic heterocycles. The van der Waals surface area contributed by atoms with Gasteiger partial charge in [-0.1, -0.05) is 35.3 Å². The van der Waals surface area contributed by atoms with Crippen molar-refractivity contribution in [2.75, 3.05) is 18.4 Å². The zero-order valence-corrected chi connectivity index (χ0v) is 16.0. The molecule has 2 aliphatic rings. The lowest BCUT2D eigenvalue weighted by Gasteiger charge is -2.34. The van der Waals surface area contributed by atoms with Gasteiger partial charge in [-0.05, 0) is 43.9 Å². The van der Waals surface area contributed by atoms with Crippen LogP contribution in [0.3, 0.4) is 0 Å². The Bertz CT molecular complexity index is 883. The number of aromatic nitrogens is 2. The number of carbonyl (C=O) groups excluding carboxylic acids is 1. The number of anilines is 1. The minimum atomic E-state index is -0.355. The molecule has 1 fully saturated rings. The number of hydrogen-bond donors (Lipinski definition) is 1. The number of allylic oxidation sites excluding steroid dienone is 1. The number of amides is 1. The second kappa shape index (κ2) is 6.97. The average molecular weight is 391 g/mol. The maximum absolute atomic E-state index is 13.4. The third-order valence-electron chi connectivity index (χ3n) is 5.02. The first kappa shape index (κ1) is 17.4. The zero-order valence-electron chi connectivity index (χ0n) is 14.5. The van der Waals surface area contributed by atoms with Crippen molar-refractivity contribution >= 4 is 34.9 Å². The lowest BCUT2D eigenvalue weighted by atomic mass is 9.94. The average Bonchev–Trinajstić information content (AvgIpc) is 3.01. The van der Waals surface area contributed by atoms with Gasteiger partial charge in [0.2, 0.25) is 0 Å². The van der Waals surface area contributed by atoms with E-state index in [2.05, 4.69) is 10.4 Å². The van der Waals surface area contributed by atoms with E-state index in [1.54, 1.807) is 10.9 Å². The van der Waals surface area contributed by atoms with Crippen LogP contribution in [0.5, 0.6) is 0 Å². The number of halogens is 2. The maximum Gasteiger partial charge on any atom is 0.254 e. The van der Waals surface area contributed by atoms with Crippen LogP contribution in [0.2, 0.25) is 10.0 Å². The lowest BCUT2D eigenvalue weighted by Crippen LogP contribution is -2.40. The van der Waals surface area contributed by atoms with E-state index in [1.807, 2.05) is 36.1 Å². The van der Waals surface area contributed by atoms with Crippen molar-refractivity contribution < 1.29 is 4.79 Å². The van der Waals surface area contributed by atoms with Gasteiger partial charge in [-0.2, -0.15) is 5.10 Å². The van der Waals surface area contributed by atoms with Crippen LogP contribution >= 0.6 is 23.2 Å². The second-order valence-electron chi connectivity index (χ2n) is 6.76. The molecule has 3 heterocycles. The summed E-state index contributed by atoms with van der Waals surface area (Å²) < 4.78 is 1.78. The highest BCUT2D eigenvalue weighted by Crippen LogP contribution is 2.40. The Kier molecular flexibility index (Phi) is 4.67. The molecule has 5 nitrogen and oxygen atoms in total. The van der Waals surface area contributed by atoms with Gasteiger partial charge in [0.1, 0.15) is 16.9 Å². The molecule has 0 spiro atoms. The monoisotopic (exact) mass is 390 g/mol. The van der Waals surface area contributed by atoms with Crippen molar-refractivity contribution in [3.63, 3.8) is 0 Å². The van der Waals surface area contributed by atoms with Crippen LogP contribution in [-0.2, 0) is 4.79 Å². The smallest absolute Gasteiger partial charge is 0.254 e. The van der Waals surface area contributed by atoms with E-state index >= 15 is 0 Å². The predicted octanol–water partition coefficient (Wildman–Crippen LogP) is 4.49. The summed E-state index contributed by atoms with van der Waals surface area (Å²) in [5.74, 6) is 0.751. The van der Waals surface area contributed by atoms with Crippen molar-refractivity contribution in [3.05, 3.63) is 57.3 Å². The molecule has 1 amide bonds. The van der Waals surface area contributed by atoms with Crippen molar-refractivity contribution in [1.29, 1.82) is 0 Å². The summed E-state index contributed by atoms with van der Waals surface area (Å²) in [5.41, 5.74) is 2.42. The summed E-state index contributed by atoms with van der Waals surface area (Å²) in [4.78, 5) is 15.3. The molecule has 2 aliphatic heterocycles. The van der Waals surface area contributed by atoms with Crippen molar-refractivity contribution in [1.82, 2.24) is 14.7 Å². The van der Waals surface area contributed by atoms with E-state index in [0.29, 0.717) is 21.4 Å². The van der Waals surface area contributed by atoms with Crippen LogP contribution in [0.4, 0.5) is 5.82 Å². The van der Waals surface area contributed by atoms with Crippen LogP contribution < -0.4 is 5.32 Å². The first-order chi connectivity index (χ1) is 12.6. The molecular formula is C19H20Cl2N4O. The minimum absolute atomic E-state index is 0.0527. The molecular weight excluding hydrogens is 371 g/mol.